The number of benzene rings is 1. The number of amides is 5. The first-order chi connectivity index (χ1) is 68.4. The first kappa shape index (κ1) is 130. The number of guanidine groups is 1. The number of ketones is 4. The van der Waals surface area contributed by atoms with Gasteiger partial charge in [0, 0.05) is 76.6 Å². The number of Topliss-reactive ketones (excluding diaryl/α,β-unsaturated/α-hetero) is 4. The van der Waals surface area contributed by atoms with Gasteiger partial charge in [0.2, 0.25) is 29.5 Å². The molecule has 2 rings (SSSR count). The summed E-state index contributed by atoms with van der Waals surface area (Å²) in [4.78, 5) is 123. The maximum Gasteiger partial charge on any atom is 0.240 e. The molecule has 1 heterocycles. The summed E-state index contributed by atoms with van der Waals surface area (Å²) in [5.41, 5.74) is 17.5. The van der Waals surface area contributed by atoms with Gasteiger partial charge in [-0.15, -0.1) is 0 Å². The molecule has 0 radical (unpaired) electrons. The van der Waals surface area contributed by atoms with E-state index >= 15 is 0 Å². The number of primary amides is 1. The van der Waals surface area contributed by atoms with Crippen molar-refractivity contribution in [3.63, 3.8) is 0 Å². The fourth-order valence-corrected chi connectivity index (χ4v) is 14.0. The molecule has 45 heteroatoms. The molecule has 1 saturated heterocycles. The van der Waals surface area contributed by atoms with E-state index in [-0.39, 0.29) is 155 Å². The standard InChI is InChI=1S/C95H170BrN9O34S/c1-3-78(2)92-87(109)18-13-80(88(110)76-103-84(21-73-140-77-91(113)101-24-19-90(112)105-92)86(108)17-14-81(9-6-23-102-95(98)99)94(115)104-85(93(97)114)74-79-11-15-82(106)16-12-79)8-4-5-22-100-89(111)20-26-117-28-30-119-32-34-121-36-38-123-40-42-125-44-46-127-48-50-129-52-54-131-56-58-133-60-62-135-64-66-137-68-70-139-72-71-138-69-67-136-65-63-134-61-59-132-57-55-130-53-51-128-49-47-126-45-43-124-41-39-122-37-35-120-33-31-118-29-27-116-25-7-10-83(107)75-96/h11-12,15-16,78,80-81,84-85,92,103,106H,3-10,13-14,17-77H2,1-2H3,(H2,97,114)(H,100,111)(H,101,113)(H,104,115)(H,105,112)(H4,98,99,102)/t78-,80+,81+,84-,85-,92-/m0/s1. The highest BCUT2D eigenvalue weighted by molar-refractivity contribution is 9.09. The third kappa shape index (κ3) is 83.3. The van der Waals surface area contributed by atoms with Gasteiger partial charge in [-0.3, -0.25) is 48.1 Å². The van der Waals surface area contributed by atoms with E-state index in [0.29, 0.717) is 366 Å². The van der Waals surface area contributed by atoms with Crippen molar-refractivity contribution >= 4 is 86.3 Å². The predicted octanol–water partition coefficient (Wildman–Crippen LogP) is 2.41. The molecule has 1 aliphatic rings. The van der Waals surface area contributed by atoms with Crippen molar-refractivity contribution in [3.8, 4) is 5.75 Å². The average molecular weight is 2090 g/mol. The number of hydrogen-bond acceptors (Lipinski definition) is 37. The number of nitrogens with two attached hydrogens (primary N) is 3. The zero-order valence-corrected chi connectivity index (χ0v) is 85.8. The molecule has 0 aromatic heterocycles. The van der Waals surface area contributed by atoms with Gasteiger partial charge in [0.05, 0.1) is 340 Å². The molecule has 0 unspecified atom stereocenters. The normalized spacial score (nSPS) is 15.6. The number of phenols is 1. The SMILES string of the molecule is CC[C@H](C)[C@@H]1NC(=O)CCNC(=O)CSCC[C@@H](C(=O)CC[C@@H](CCCN=C(N)N)C(=O)N[C@@H](Cc2ccc(O)cc2)C(N)=O)NCC(=O)[C@H](CCCCNC(=O)CCOCCOCCOCCOCCOCCOCCOCCOCCOCCOCCOCCOCCOCCOCCOCCOCCOCCOCCOCCOCCOCCOCCOCCOCCCC(=O)CBr)CCC1=O. The molecule has 6 atom stereocenters. The quantitative estimate of drug-likeness (QED) is 0.0196. The number of unbranched alkanes of at least 4 members (excludes halogenated alkanes) is 1. The molecule has 0 saturated carbocycles. The lowest BCUT2D eigenvalue weighted by Crippen LogP contribution is -2.48. The first-order valence-electron chi connectivity index (χ1n) is 49.5. The van der Waals surface area contributed by atoms with Crippen molar-refractivity contribution < 1.29 is 162 Å². The van der Waals surface area contributed by atoms with E-state index in [9.17, 15) is 48.3 Å². The Hall–Kier alpha value is -5.85. The number of hydrogen-bond donors (Lipinski definition) is 9. The van der Waals surface area contributed by atoms with E-state index in [0.717, 1.165) is 6.42 Å². The monoisotopic (exact) mass is 2090 g/mol. The Balaban J connectivity index is 1.38. The van der Waals surface area contributed by atoms with Crippen LogP contribution in [0.4, 0.5) is 0 Å². The number of nitrogens with one attached hydrogen (secondary N) is 5. The Morgan fingerprint density at radius 1 is 0.464 bits per heavy atom. The summed E-state index contributed by atoms with van der Waals surface area (Å²) >= 11 is 4.43. The minimum Gasteiger partial charge on any atom is -0.508 e. The third-order valence-corrected chi connectivity index (χ3v) is 22.4. The van der Waals surface area contributed by atoms with Crippen LogP contribution in [0.25, 0.3) is 0 Å². The van der Waals surface area contributed by atoms with Gasteiger partial charge in [-0.1, -0.05) is 54.8 Å². The Morgan fingerprint density at radius 3 is 1.22 bits per heavy atom. The van der Waals surface area contributed by atoms with E-state index in [1.54, 1.807) is 12.1 Å². The number of carbonyl (C=O) groups excluding carboxylic acids is 9. The van der Waals surface area contributed by atoms with Crippen LogP contribution in [0.5, 0.6) is 5.75 Å². The van der Waals surface area contributed by atoms with Crippen molar-refractivity contribution in [3.05, 3.63) is 29.8 Å². The van der Waals surface area contributed by atoms with Crippen molar-refractivity contribution in [1.82, 2.24) is 26.6 Å². The van der Waals surface area contributed by atoms with Crippen LogP contribution in [0.3, 0.4) is 0 Å². The van der Waals surface area contributed by atoms with E-state index in [2.05, 4.69) is 47.5 Å². The fourth-order valence-electron chi connectivity index (χ4n) is 12.9. The number of halogens is 1. The number of aromatic hydroxyl groups is 1. The molecule has 0 aliphatic carbocycles. The Bertz CT molecular complexity index is 3200. The van der Waals surface area contributed by atoms with Gasteiger partial charge in [0.25, 0.3) is 0 Å². The van der Waals surface area contributed by atoms with Crippen LogP contribution < -0.4 is 43.8 Å². The lowest BCUT2D eigenvalue weighted by Gasteiger charge is -2.25. The second-order valence-corrected chi connectivity index (χ2v) is 33.7. The van der Waals surface area contributed by atoms with Gasteiger partial charge >= 0.3 is 0 Å². The fraction of sp³-hybridized carbons (Fsp3) is 0.832. The number of rotatable bonds is 97. The van der Waals surface area contributed by atoms with Gasteiger partial charge in [0.1, 0.15) is 29.1 Å². The highest BCUT2D eigenvalue weighted by atomic mass is 79.9. The van der Waals surface area contributed by atoms with Crippen LogP contribution in [0, 0.1) is 17.8 Å². The minimum atomic E-state index is -1.10. The molecule has 1 fully saturated rings. The van der Waals surface area contributed by atoms with Crippen LogP contribution in [-0.2, 0) is 163 Å². The second-order valence-electron chi connectivity index (χ2n) is 32.0. The van der Waals surface area contributed by atoms with Crippen LogP contribution in [-0.4, -0.2) is 442 Å². The molecule has 0 bridgehead atoms. The molecular formula is C95H170BrN9O34S. The molecule has 1 aliphatic heterocycles. The third-order valence-electron chi connectivity index (χ3n) is 20.8. The van der Waals surface area contributed by atoms with E-state index in [1.807, 2.05) is 13.8 Å². The van der Waals surface area contributed by atoms with Crippen molar-refractivity contribution in [1.29, 1.82) is 0 Å². The van der Waals surface area contributed by atoms with E-state index < -0.39 is 41.8 Å². The topological polar surface area (TPSA) is 546 Å². The lowest BCUT2D eigenvalue weighted by atomic mass is 9.87. The van der Waals surface area contributed by atoms with Crippen molar-refractivity contribution in [2.75, 3.05) is 360 Å². The van der Waals surface area contributed by atoms with Gasteiger partial charge in [-0.25, -0.2) is 0 Å². The molecule has 1 aromatic rings. The number of thioether (sulfide) groups is 1. The second kappa shape index (κ2) is 97.9. The summed E-state index contributed by atoms with van der Waals surface area (Å²) in [6.45, 7) is 25.4. The molecule has 1 aromatic carbocycles. The molecular weight excluding hydrogens is 1920 g/mol. The summed E-state index contributed by atoms with van der Waals surface area (Å²) in [6.07, 6.45) is 4.41. The smallest absolute Gasteiger partial charge is 0.240 e. The van der Waals surface area contributed by atoms with Crippen LogP contribution in [0.15, 0.2) is 29.3 Å². The van der Waals surface area contributed by atoms with Crippen LogP contribution in [0.2, 0.25) is 0 Å². The largest absolute Gasteiger partial charge is 0.508 e. The zero-order chi connectivity index (χ0) is 101. The highest BCUT2D eigenvalue weighted by Gasteiger charge is 2.31. The molecule has 12 N–H and O–H groups in total. The number of phenolic OH excluding ortho intramolecular Hbond substituents is 1. The van der Waals surface area contributed by atoms with E-state index in [1.165, 1.54) is 23.9 Å². The Morgan fingerprint density at radius 2 is 0.850 bits per heavy atom. The summed E-state index contributed by atoms with van der Waals surface area (Å²) in [5.74, 6) is -4.08. The molecule has 43 nitrogen and oxygen atoms in total. The summed E-state index contributed by atoms with van der Waals surface area (Å²) in [6, 6.07) is 3.35. The van der Waals surface area contributed by atoms with Crippen LogP contribution >= 0.6 is 27.7 Å². The number of alkyl halides is 1. The lowest BCUT2D eigenvalue weighted by molar-refractivity contribution is -0.130. The van der Waals surface area contributed by atoms with E-state index in [4.69, 9.17) is 131 Å². The average Bonchev–Trinajstić information content (AvgIpc) is 0.950. The van der Waals surface area contributed by atoms with Gasteiger partial charge in [-0.2, -0.15) is 11.8 Å². The summed E-state index contributed by atoms with van der Waals surface area (Å²) in [7, 11) is 0. The number of carbonyl (C=O) groups is 9. The van der Waals surface area contributed by atoms with Crippen molar-refractivity contribution in [2.24, 2.45) is 39.9 Å². The Labute approximate surface area is 841 Å². The Kier molecular flexibility index (Phi) is 91.0. The maximum atomic E-state index is 14.3. The van der Waals surface area contributed by atoms with Crippen LogP contribution in [0.1, 0.15) is 116 Å². The predicted molar refractivity (Wildman–Crippen MR) is 525 cm³/mol. The minimum absolute atomic E-state index is 0.00399. The molecule has 5 amide bonds. The summed E-state index contributed by atoms with van der Waals surface area (Å²) in [5, 5.41) is 24.6. The van der Waals surface area contributed by atoms with Crippen molar-refractivity contribution in [2.45, 2.75) is 135 Å². The summed E-state index contributed by atoms with van der Waals surface area (Å²) < 4.78 is 133. The number of ether oxygens (including phenoxy) is 24. The molecule has 140 heavy (non-hydrogen) atoms. The number of aliphatic imine (C=N–C) groups is 1. The molecule has 0 spiro atoms. The first-order valence-corrected chi connectivity index (χ1v) is 51.8. The number of nitrogens with zero attached hydrogens (tertiary/aromatic N) is 1. The van der Waals surface area contributed by atoms with Gasteiger partial charge in [-0.05, 0) is 80.7 Å². The molecule has 812 valence electrons. The van der Waals surface area contributed by atoms with Gasteiger partial charge in [0.15, 0.2) is 11.7 Å². The highest BCUT2D eigenvalue weighted by Crippen LogP contribution is 2.23. The zero-order valence-electron chi connectivity index (χ0n) is 83.4. The maximum absolute atomic E-state index is 14.3. The van der Waals surface area contributed by atoms with Gasteiger partial charge < -0.3 is 163 Å².